The number of aliphatic hydroxyl groups excluding tert-OH is 1. The molecule has 1 fully saturated rings. The molecule has 0 aliphatic carbocycles. The zero-order valence-electron chi connectivity index (χ0n) is 8.75. The normalized spacial score (nSPS) is 24.3. The number of hydrogen-bond acceptors (Lipinski definition) is 3. The Morgan fingerprint density at radius 2 is 2.43 bits per heavy atom. The molecule has 1 rings (SSSR count). The first-order valence-corrected chi connectivity index (χ1v) is 5.39. The molecular weight excluding hydrogens is 180 g/mol. The van der Waals surface area contributed by atoms with E-state index in [4.69, 9.17) is 5.11 Å². The number of carbonyl (C=O) groups is 1. The zero-order valence-corrected chi connectivity index (χ0v) is 8.75. The Morgan fingerprint density at radius 1 is 1.64 bits per heavy atom. The van der Waals surface area contributed by atoms with Crippen LogP contribution in [0.1, 0.15) is 32.6 Å². The molecule has 0 aromatic heterocycles. The molecule has 4 nitrogen and oxygen atoms in total. The summed E-state index contributed by atoms with van der Waals surface area (Å²) in [6.45, 7) is 3.23. The number of carbonyl (C=O) groups excluding carboxylic acids is 1. The lowest BCUT2D eigenvalue weighted by Crippen LogP contribution is -2.47. The summed E-state index contributed by atoms with van der Waals surface area (Å²) >= 11 is 0. The van der Waals surface area contributed by atoms with Gasteiger partial charge in [-0.05, 0) is 32.7 Å². The van der Waals surface area contributed by atoms with Crippen molar-refractivity contribution in [3.8, 4) is 0 Å². The molecule has 0 aromatic carbocycles. The van der Waals surface area contributed by atoms with Crippen molar-refractivity contribution in [2.24, 2.45) is 0 Å². The largest absolute Gasteiger partial charge is 0.393 e. The second kappa shape index (κ2) is 5.98. The molecule has 14 heavy (non-hydrogen) atoms. The Labute approximate surface area is 85.1 Å². The molecule has 2 atom stereocenters. The van der Waals surface area contributed by atoms with Gasteiger partial charge in [-0.25, -0.2) is 0 Å². The topological polar surface area (TPSA) is 61.4 Å². The van der Waals surface area contributed by atoms with Crippen LogP contribution in [0, 0.1) is 0 Å². The first kappa shape index (κ1) is 11.5. The van der Waals surface area contributed by atoms with Crippen molar-refractivity contribution in [3.05, 3.63) is 0 Å². The molecule has 1 aliphatic rings. The highest BCUT2D eigenvalue weighted by molar-refractivity contribution is 5.81. The highest BCUT2D eigenvalue weighted by Crippen LogP contribution is 2.06. The number of nitrogens with one attached hydrogen (secondary N) is 2. The number of piperidine rings is 1. The fraction of sp³-hybridized carbons (Fsp3) is 0.900. The van der Waals surface area contributed by atoms with Gasteiger partial charge < -0.3 is 15.7 Å². The van der Waals surface area contributed by atoms with Crippen LogP contribution in [0.3, 0.4) is 0 Å². The minimum atomic E-state index is -0.338. The number of hydrogen-bond donors (Lipinski definition) is 3. The summed E-state index contributed by atoms with van der Waals surface area (Å²) in [5.74, 6) is 0.0744. The first-order valence-electron chi connectivity index (χ1n) is 5.39. The van der Waals surface area contributed by atoms with Gasteiger partial charge in [0.2, 0.25) is 5.91 Å². The maximum atomic E-state index is 11.5. The summed E-state index contributed by atoms with van der Waals surface area (Å²) in [6, 6.07) is -0.0160. The van der Waals surface area contributed by atoms with E-state index in [-0.39, 0.29) is 18.1 Å². The lowest BCUT2D eigenvalue weighted by molar-refractivity contribution is -0.123. The minimum absolute atomic E-state index is 0.0160. The molecule has 4 heteroatoms. The highest BCUT2D eigenvalue weighted by atomic mass is 16.3. The maximum Gasteiger partial charge on any atom is 0.237 e. The van der Waals surface area contributed by atoms with Crippen molar-refractivity contribution in [1.29, 1.82) is 0 Å². The van der Waals surface area contributed by atoms with Gasteiger partial charge in [0.25, 0.3) is 0 Å². The highest BCUT2D eigenvalue weighted by Gasteiger charge is 2.19. The van der Waals surface area contributed by atoms with Crippen LogP contribution in [-0.4, -0.2) is 36.2 Å². The average molecular weight is 200 g/mol. The molecule has 1 unspecified atom stereocenters. The van der Waals surface area contributed by atoms with E-state index in [9.17, 15) is 4.79 Å². The lowest BCUT2D eigenvalue weighted by Gasteiger charge is -2.22. The zero-order chi connectivity index (χ0) is 10.4. The summed E-state index contributed by atoms with van der Waals surface area (Å²) in [7, 11) is 0. The quantitative estimate of drug-likeness (QED) is 0.599. The van der Waals surface area contributed by atoms with Gasteiger partial charge >= 0.3 is 0 Å². The molecule has 3 N–H and O–H groups in total. The summed E-state index contributed by atoms with van der Waals surface area (Å²) in [5, 5.41) is 15.0. The first-order chi connectivity index (χ1) is 6.70. The molecule has 0 bridgehead atoms. The van der Waals surface area contributed by atoms with Crippen molar-refractivity contribution in [3.63, 3.8) is 0 Å². The molecule has 1 amide bonds. The Balaban J connectivity index is 2.13. The SMILES string of the molecule is CC(O)CCNC(=O)[C@@H]1CCCCN1. The van der Waals surface area contributed by atoms with Crippen molar-refractivity contribution < 1.29 is 9.90 Å². The van der Waals surface area contributed by atoms with E-state index in [0.717, 1.165) is 25.8 Å². The van der Waals surface area contributed by atoms with Crippen molar-refractivity contribution in [2.45, 2.75) is 44.8 Å². The van der Waals surface area contributed by atoms with Crippen LogP contribution in [-0.2, 0) is 4.79 Å². The Morgan fingerprint density at radius 3 is 3.00 bits per heavy atom. The van der Waals surface area contributed by atoms with E-state index in [0.29, 0.717) is 13.0 Å². The molecule has 1 saturated heterocycles. The number of rotatable bonds is 4. The molecule has 0 aromatic rings. The standard InChI is InChI=1S/C10H20N2O2/c1-8(13)5-7-12-10(14)9-4-2-3-6-11-9/h8-9,11,13H,2-7H2,1H3,(H,12,14)/t8?,9-/m0/s1. The van der Waals surface area contributed by atoms with Gasteiger partial charge in [0.15, 0.2) is 0 Å². The van der Waals surface area contributed by atoms with E-state index in [2.05, 4.69) is 10.6 Å². The van der Waals surface area contributed by atoms with E-state index < -0.39 is 0 Å². The molecule has 1 heterocycles. The van der Waals surface area contributed by atoms with Crippen LogP contribution in [0.2, 0.25) is 0 Å². The maximum absolute atomic E-state index is 11.5. The summed E-state index contributed by atoms with van der Waals surface area (Å²) < 4.78 is 0. The second-order valence-corrected chi connectivity index (χ2v) is 3.93. The smallest absolute Gasteiger partial charge is 0.237 e. The Hall–Kier alpha value is -0.610. The van der Waals surface area contributed by atoms with Crippen LogP contribution >= 0.6 is 0 Å². The van der Waals surface area contributed by atoms with Gasteiger partial charge in [0.1, 0.15) is 0 Å². The third-order valence-corrected chi connectivity index (χ3v) is 2.49. The molecular formula is C10H20N2O2. The van der Waals surface area contributed by atoms with E-state index in [1.807, 2.05) is 0 Å². The summed E-state index contributed by atoms with van der Waals surface area (Å²) in [6.07, 6.45) is 3.51. The van der Waals surface area contributed by atoms with Gasteiger partial charge in [-0.15, -0.1) is 0 Å². The third-order valence-electron chi connectivity index (χ3n) is 2.49. The van der Waals surface area contributed by atoms with Gasteiger partial charge in [-0.1, -0.05) is 6.42 Å². The summed E-state index contributed by atoms with van der Waals surface area (Å²) in [4.78, 5) is 11.5. The van der Waals surface area contributed by atoms with E-state index >= 15 is 0 Å². The Kier molecular flexibility index (Phi) is 4.90. The van der Waals surface area contributed by atoms with Gasteiger partial charge in [0.05, 0.1) is 12.1 Å². The predicted molar refractivity (Wildman–Crippen MR) is 54.9 cm³/mol. The minimum Gasteiger partial charge on any atom is -0.393 e. The molecule has 0 spiro atoms. The second-order valence-electron chi connectivity index (χ2n) is 3.93. The monoisotopic (exact) mass is 200 g/mol. The van der Waals surface area contributed by atoms with Gasteiger partial charge in [-0.2, -0.15) is 0 Å². The Bertz CT molecular complexity index is 177. The van der Waals surface area contributed by atoms with Crippen molar-refractivity contribution in [1.82, 2.24) is 10.6 Å². The van der Waals surface area contributed by atoms with Crippen LogP contribution < -0.4 is 10.6 Å². The molecule has 0 saturated carbocycles. The van der Waals surface area contributed by atoms with Crippen LogP contribution in [0.15, 0.2) is 0 Å². The van der Waals surface area contributed by atoms with Crippen molar-refractivity contribution in [2.75, 3.05) is 13.1 Å². The fourth-order valence-electron chi connectivity index (χ4n) is 1.60. The van der Waals surface area contributed by atoms with Crippen LogP contribution in [0.25, 0.3) is 0 Å². The van der Waals surface area contributed by atoms with Crippen LogP contribution in [0.5, 0.6) is 0 Å². The van der Waals surface area contributed by atoms with Crippen LogP contribution in [0.4, 0.5) is 0 Å². The molecule has 0 radical (unpaired) electrons. The predicted octanol–water partition coefficient (Wildman–Crippen LogP) is 0.0156. The molecule has 82 valence electrons. The third kappa shape index (κ3) is 4.07. The van der Waals surface area contributed by atoms with E-state index in [1.165, 1.54) is 0 Å². The lowest BCUT2D eigenvalue weighted by atomic mass is 10.0. The fourth-order valence-corrected chi connectivity index (χ4v) is 1.60. The summed E-state index contributed by atoms with van der Waals surface area (Å²) in [5.41, 5.74) is 0. The number of aliphatic hydroxyl groups is 1. The van der Waals surface area contributed by atoms with Gasteiger partial charge in [-0.3, -0.25) is 4.79 Å². The number of amides is 1. The molecule has 1 aliphatic heterocycles. The average Bonchev–Trinajstić information content (AvgIpc) is 2.18. The van der Waals surface area contributed by atoms with Gasteiger partial charge in [0, 0.05) is 6.54 Å². The van der Waals surface area contributed by atoms with E-state index in [1.54, 1.807) is 6.92 Å². The van der Waals surface area contributed by atoms with Crippen molar-refractivity contribution >= 4 is 5.91 Å².